The molecule has 21 heavy (non-hydrogen) atoms. The van der Waals surface area contributed by atoms with E-state index < -0.39 is 5.41 Å². The Morgan fingerprint density at radius 1 is 1.10 bits per heavy atom. The van der Waals surface area contributed by atoms with Crippen LogP contribution in [-0.4, -0.2) is 37.4 Å². The van der Waals surface area contributed by atoms with Crippen LogP contribution < -0.4 is 16.0 Å². The van der Waals surface area contributed by atoms with E-state index in [1.807, 2.05) is 0 Å². The molecule has 7 heteroatoms. The van der Waals surface area contributed by atoms with Crippen LogP contribution in [0.25, 0.3) is 0 Å². The van der Waals surface area contributed by atoms with Crippen LogP contribution in [-0.2, 0) is 9.59 Å². The van der Waals surface area contributed by atoms with Crippen LogP contribution in [0.3, 0.4) is 0 Å². The summed E-state index contributed by atoms with van der Waals surface area (Å²) in [4.78, 5) is 34.6. The smallest absolute Gasteiger partial charge is 0.287 e. The molecule has 3 amide bonds. The number of hydrogen-bond acceptors (Lipinski definition) is 4. The van der Waals surface area contributed by atoms with Gasteiger partial charge in [-0.05, 0) is 12.1 Å². The van der Waals surface area contributed by atoms with E-state index in [1.54, 1.807) is 32.9 Å². The fourth-order valence-corrected chi connectivity index (χ4v) is 1.36. The summed E-state index contributed by atoms with van der Waals surface area (Å²) in [5.41, 5.74) is -0.530. The maximum absolute atomic E-state index is 11.6. The van der Waals surface area contributed by atoms with Gasteiger partial charge in [0.25, 0.3) is 5.91 Å². The molecule has 1 rings (SSSR count). The van der Waals surface area contributed by atoms with Crippen molar-refractivity contribution < 1.29 is 18.8 Å². The molecule has 1 aromatic heterocycles. The van der Waals surface area contributed by atoms with Gasteiger partial charge in [-0.2, -0.15) is 0 Å². The van der Waals surface area contributed by atoms with E-state index in [0.717, 1.165) is 0 Å². The normalized spacial score (nSPS) is 10.8. The van der Waals surface area contributed by atoms with E-state index in [2.05, 4.69) is 16.0 Å². The van der Waals surface area contributed by atoms with E-state index >= 15 is 0 Å². The molecule has 0 aliphatic heterocycles. The molecule has 0 radical (unpaired) electrons. The predicted molar refractivity (Wildman–Crippen MR) is 76.5 cm³/mol. The summed E-state index contributed by atoms with van der Waals surface area (Å²) in [6.07, 6.45) is 1.41. The Kier molecular flexibility index (Phi) is 5.95. The first-order valence-corrected chi connectivity index (χ1v) is 6.67. The highest BCUT2D eigenvalue weighted by atomic mass is 16.3. The zero-order valence-electron chi connectivity index (χ0n) is 12.5. The lowest BCUT2D eigenvalue weighted by atomic mass is 9.96. The van der Waals surface area contributed by atoms with E-state index in [1.165, 1.54) is 6.26 Å². The number of carbonyl (C=O) groups excluding carboxylic acids is 3. The summed E-state index contributed by atoms with van der Waals surface area (Å²) in [6, 6.07) is 3.17. The second-order valence-electron chi connectivity index (χ2n) is 5.52. The van der Waals surface area contributed by atoms with Gasteiger partial charge in [-0.3, -0.25) is 14.4 Å². The Balaban J connectivity index is 2.14. The first-order chi connectivity index (χ1) is 9.80. The number of hydrogen-bond donors (Lipinski definition) is 3. The van der Waals surface area contributed by atoms with Crippen molar-refractivity contribution in [2.75, 3.05) is 19.6 Å². The third-order valence-corrected chi connectivity index (χ3v) is 2.57. The average molecular weight is 295 g/mol. The highest BCUT2D eigenvalue weighted by Crippen LogP contribution is 2.11. The molecule has 0 aromatic carbocycles. The lowest BCUT2D eigenvalue weighted by Crippen LogP contribution is -2.43. The molecule has 1 aromatic rings. The molecule has 0 unspecified atom stereocenters. The molecule has 3 N–H and O–H groups in total. The van der Waals surface area contributed by atoms with Crippen LogP contribution in [0, 0.1) is 5.41 Å². The van der Waals surface area contributed by atoms with Crippen molar-refractivity contribution in [3.8, 4) is 0 Å². The highest BCUT2D eigenvalue weighted by molar-refractivity contribution is 5.91. The fraction of sp³-hybridized carbons (Fsp3) is 0.500. The topological polar surface area (TPSA) is 100 Å². The van der Waals surface area contributed by atoms with Crippen LogP contribution in [0.2, 0.25) is 0 Å². The molecule has 0 bridgehead atoms. The zero-order valence-corrected chi connectivity index (χ0v) is 12.5. The molecule has 0 atom stereocenters. The molecular formula is C14H21N3O4. The molecule has 1 heterocycles. The summed E-state index contributed by atoms with van der Waals surface area (Å²) < 4.78 is 4.92. The van der Waals surface area contributed by atoms with Gasteiger partial charge in [-0.25, -0.2) is 0 Å². The summed E-state index contributed by atoms with van der Waals surface area (Å²) in [5.74, 6) is -0.613. The summed E-state index contributed by atoms with van der Waals surface area (Å²) >= 11 is 0. The number of carbonyl (C=O) groups is 3. The monoisotopic (exact) mass is 295 g/mol. The van der Waals surface area contributed by atoms with E-state index in [4.69, 9.17) is 4.42 Å². The van der Waals surface area contributed by atoms with E-state index in [0.29, 0.717) is 0 Å². The minimum atomic E-state index is -0.530. The third-order valence-electron chi connectivity index (χ3n) is 2.57. The van der Waals surface area contributed by atoms with Crippen LogP contribution in [0.15, 0.2) is 22.8 Å². The fourth-order valence-electron chi connectivity index (χ4n) is 1.36. The van der Waals surface area contributed by atoms with Gasteiger partial charge in [0, 0.05) is 18.5 Å². The van der Waals surface area contributed by atoms with Gasteiger partial charge >= 0.3 is 0 Å². The number of rotatable bonds is 6. The van der Waals surface area contributed by atoms with E-state index in [-0.39, 0.29) is 43.1 Å². The molecule has 116 valence electrons. The van der Waals surface area contributed by atoms with Gasteiger partial charge < -0.3 is 20.4 Å². The Hall–Kier alpha value is -2.31. The van der Waals surface area contributed by atoms with Gasteiger partial charge in [0.2, 0.25) is 11.8 Å². The second kappa shape index (κ2) is 7.47. The molecular weight excluding hydrogens is 274 g/mol. The first kappa shape index (κ1) is 16.7. The van der Waals surface area contributed by atoms with Crippen LogP contribution >= 0.6 is 0 Å². The summed E-state index contributed by atoms with van der Waals surface area (Å²) in [6.45, 7) is 5.77. The number of nitrogens with one attached hydrogen (secondary N) is 3. The Morgan fingerprint density at radius 3 is 2.33 bits per heavy atom. The Labute approximate surface area is 123 Å². The van der Waals surface area contributed by atoms with Crippen molar-refractivity contribution in [1.82, 2.24) is 16.0 Å². The number of amides is 3. The van der Waals surface area contributed by atoms with Crippen molar-refractivity contribution >= 4 is 17.7 Å². The third kappa shape index (κ3) is 6.11. The van der Waals surface area contributed by atoms with Crippen molar-refractivity contribution in [3.05, 3.63) is 24.2 Å². The quantitative estimate of drug-likeness (QED) is 0.657. The van der Waals surface area contributed by atoms with Gasteiger partial charge in [0.1, 0.15) is 0 Å². The number of furan rings is 1. The summed E-state index contributed by atoms with van der Waals surface area (Å²) in [7, 11) is 0. The molecule has 0 aliphatic carbocycles. The molecule has 0 saturated heterocycles. The van der Waals surface area contributed by atoms with E-state index in [9.17, 15) is 14.4 Å². The van der Waals surface area contributed by atoms with Crippen LogP contribution in [0.5, 0.6) is 0 Å². The second-order valence-corrected chi connectivity index (χ2v) is 5.52. The maximum atomic E-state index is 11.6. The molecule has 0 spiro atoms. The van der Waals surface area contributed by atoms with Crippen molar-refractivity contribution in [2.45, 2.75) is 20.8 Å². The first-order valence-electron chi connectivity index (χ1n) is 6.67. The average Bonchev–Trinajstić information content (AvgIpc) is 2.93. The molecule has 0 fully saturated rings. The summed E-state index contributed by atoms with van der Waals surface area (Å²) in [5, 5.41) is 7.73. The Bertz CT molecular complexity index is 489. The van der Waals surface area contributed by atoms with Crippen LogP contribution in [0.4, 0.5) is 0 Å². The standard InChI is InChI=1S/C14H21N3O4/c1-14(2,3)13(20)17-9-11(18)15-6-7-16-12(19)10-5-4-8-21-10/h4-5,8H,6-7,9H2,1-3H3,(H,15,18)(H,16,19)(H,17,20). The van der Waals surface area contributed by atoms with Crippen LogP contribution in [0.1, 0.15) is 31.3 Å². The van der Waals surface area contributed by atoms with Gasteiger partial charge in [0.05, 0.1) is 12.8 Å². The van der Waals surface area contributed by atoms with Crippen molar-refractivity contribution in [3.63, 3.8) is 0 Å². The van der Waals surface area contributed by atoms with Gasteiger partial charge in [0.15, 0.2) is 5.76 Å². The highest BCUT2D eigenvalue weighted by Gasteiger charge is 2.21. The maximum Gasteiger partial charge on any atom is 0.287 e. The van der Waals surface area contributed by atoms with Gasteiger partial charge in [-0.15, -0.1) is 0 Å². The zero-order chi connectivity index (χ0) is 15.9. The lowest BCUT2D eigenvalue weighted by Gasteiger charge is -2.17. The largest absolute Gasteiger partial charge is 0.459 e. The lowest BCUT2D eigenvalue weighted by molar-refractivity contribution is -0.131. The minimum Gasteiger partial charge on any atom is -0.459 e. The molecule has 0 aliphatic rings. The molecule has 7 nitrogen and oxygen atoms in total. The minimum absolute atomic E-state index is 0.0811. The van der Waals surface area contributed by atoms with Crippen molar-refractivity contribution in [2.24, 2.45) is 5.41 Å². The SMILES string of the molecule is CC(C)(C)C(=O)NCC(=O)NCCNC(=O)c1ccco1. The van der Waals surface area contributed by atoms with Crippen molar-refractivity contribution in [1.29, 1.82) is 0 Å². The van der Waals surface area contributed by atoms with Gasteiger partial charge in [-0.1, -0.05) is 20.8 Å². The Morgan fingerprint density at radius 2 is 1.76 bits per heavy atom. The predicted octanol–water partition coefficient (Wildman–Crippen LogP) is 0.288. The molecule has 0 saturated carbocycles.